The summed E-state index contributed by atoms with van der Waals surface area (Å²) in [7, 11) is -3.67. The van der Waals surface area contributed by atoms with Crippen LogP contribution in [0.5, 0.6) is 0 Å². The minimum Gasteiger partial charge on any atom is -0.440 e. The van der Waals surface area contributed by atoms with Crippen molar-refractivity contribution in [2.75, 3.05) is 4.72 Å². The maximum absolute atomic E-state index is 12.5. The zero-order chi connectivity index (χ0) is 20.4. The summed E-state index contributed by atoms with van der Waals surface area (Å²) in [5.74, 6) is 0.530. The molecule has 0 fully saturated rings. The quantitative estimate of drug-likeness (QED) is 0.334. The number of anilines is 1. The molecule has 3 aromatic carbocycles. The summed E-state index contributed by atoms with van der Waals surface area (Å²) in [5.41, 5.74) is 8.63. The van der Waals surface area contributed by atoms with Gasteiger partial charge in [0.05, 0.1) is 10.6 Å². The second kappa shape index (κ2) is 7.40. The van der Waals surface area contributed by atoms with E-state index in [4.69, 9.17) is 15.6 Å². The highest BCUT2D eigenvalue weighted by molar-refractivity contribution is 7.92. The molecule has 0 spiro atoms. The second-order valence-electron chi connectivity index (χ2n) is 6.50. The molecule has 4 aromatic rings. The molecule has 146 valence electrons. The topological polar surface area (TPSA) is 122 Å². The van der Waals surface area contributed by atoms with E-state index in [0.717, 1.165) is 5.56 Å². The van der Waals surface area contributed by atoms with Gasteiger partial charge in [-0.1, -0.05) is 42.5 Å². The molecule has 0 radical (unpaired) electrons. The minimum absolute atomic E-state index is 0.0175. The molecule has 4 rings (SSSR count). The molecule has 0 aliphatic heterocycles. The average molecular weight is 406 g/mol. The number of aromatic nitrogens is 1. The van der Waals surface area contributed by atoms with E-state index in [-0.39, 0.29) is 10.7 Å². The third-order valence-corrected chi connectivity index (χ3v) is 5.76. The maximum Gasteiger partial charge on any atom is 0.261 e. The van der Waals surface area contributed by atoms with Gasteiger partial charge in [0.1, 0.15) is 11.4 Å². The third kappa shape index (κ3) is 4.12. The second-order valence-corrected chi connectivity index (χ2v) is 8.18. The van der Waals surface area contributed by atoms with Gasteiger partial charge in [-0.05, 0) is 35.9 Å². The van der Waals surface area contributed by atoms with Crippen molar-refractivity contribution in [2.45, 2.75) is 11.3 Å². The monoisotopic (exact) mass is 406 g/mol. The highest BCUT2D eigenvalue weighted by Crippen LogP contribution is 2.23. The van der Waals surface area contributed by atoms with Gasteiger partial charge in [0.2, 0.25) is 0 Å². The molecule has 29 heavy (non-hydrogen) atoms. The predicted molar refractivity (Wildman–Crippen MR) is 112 cm³/mol. The molecule has 7 nitrogen and oxygen atoms in total. The summed E-state index contributed by atoms with van der Waals surface area (Å²) < 4.78 is 33.3. The number of nitrogens with zero attached hydrogens (tertiary/aromatic N) is 1. The molecule has 4 N–H and O–H groups in total. The average Bonchev–Trinajstić information content (AvgIpc) is 3.10. The fraction of sp³-hybridized carbons (Fsp3) is 0.0476. The Kier molecular flexibility index (Phi) is 4.77. The van der Waals surface area contributed by atoms with Gasteiger partial charge in [-0.15, -0.1) is 0 Å². The normalized spacial score (nSPS) is 11.4. The van der Waals surface area contributed by atoms with Crippen LogP contribution < -0.4 is 10.5 Å². The smallest absolute Gasteiger partial charge is 0.261 e. The van der Waals surface area contributed by atoms with Crippen LogP contribution in [0.3, 0.4) is 0 Å². The summed E-state index contributed by atoms with van der Waals surface area (Å²) >= 11 is 0. The van der Waals surface area contributed by atoms with Gasteiger partial charge >= 0.3 is 0 Å². The summed E-state index contributed by atoms with van der Waals surface area (Å²) in [6.45, 7) is 0. The number of rotatable bonds is 6. The van der Waals surface area contributed by atoms with Crippen molar-refractivity contribution in [3.63, 3.8) is 0 Å². The number of oxazole rings is 1. The fourth-order valence-electron chi connectivity index (χ4n) is 2.90. The number of benzene rings is 3. The molecule has 0 saturated carbocycles. The van der Waals surface area contributed by atoms with Crippen LogP contribution in [-0.2, 0) is 16.4 Å². The molecule has 0 atom stereocenters. The Hall–Kier alpha value is -3.65. The molecule has 0 unspecified atom stereocenters. The molecule has 0 saturated heterocycles. The highest BCUT2D eigenvalue weighted by Gasteiger charge is 2.15. The number of nitrogen functional groups attached to an aromatic ring is 1. The molecule has 1 aromatic heterocycles. The molecule has 0 aliphatic rings. The first kappa shape index (κ1) is 18.7. The van der Waals surface area contributed by atoms with Crippen molar-refractivity contribution in [3.05, 3.63) is 89.8 Å². The van der Waals surface area contributed by atoms with Gasteiger partial charge in [0, 0.05) is 12.0 Å². The molecule has 0 bridgehead atoms. The minimum atomic E-state index is -3.67. The fourth-order valence-corrected chi connectivity index (χ4v) is 3.98. The van der Waals surface area contributed by atoms with E-state index in [0.29, 0.717) is 34.7 Å². The number of sulfonamides is 1. The number of fused-ring (bicyclic) bond motifs is 1. The Balaban J connectivity index is 1.55. The Labute approximate surface area is 167 Å². The Bertz CT molecular complexity index is 1280. The van der Waals surface area contributed by atoms with Gasteiger partial charge in [-0.2, -0.15) is 0 Å². The van der Waals surface area contributed by atoms with E-state index < -0.39 is 10.0 Å². The highest BCUT2D eigenvalue weighted by atomic mass is 32.2. The zero-order valence-electron chi connectivity index (χ0n) is 15.3. The van der Waals surface area contributed by atoms with E-state index in [1.54, 1.807) is 48.5 Å². The number of hydrogen-bond acceptors (Lipinski definition) is 5. The van der Waals surface area contributed by atoms with Crippen molar-refractivity contribution in [1.82, 2.24) is 4.98 Å². The number of nitrogens with two attached hydrogens (primary N) is 1. The van der Waals surface area contributed by atoms with Crippen LogP contribution in [0, 0.1) is 5.41 Å². The lowest BCUT2D eigenvalue weighted by atomic mass is 10.1. The first-order chi connectivity index (χ1) is 13.9. The van der Waals surface area contributed by atoms with E-state index in [2.05, 4.69) is 9.71 Å². The van der Waals surface area contributed by atoms with Gasteiger partial charge < -0.3 is 10.2 Å². The van der Waals surface area contributed by atoms with Crippen LogP contribution >= 0.6 is 0 Å². The van der Waals surface area contributed by atoms with Crippen LogP contribution in [0.25, 0.3) is 11.1 Å². The molecular weight excluding hydrogens is 388 g/mol. The third-order valence-electron chi connectivity index (χ3n) is 4.36. The van der Waals surface area contributed by atoms with Crippen molar-refractivity contribution in [2.24, 2.45) is 5.73 Å². The Morgan fingerprint density at radius 3 is 2.45 bits per heavy atom. The number of amidine groups is 1. The van der Waals surface area contributed by atoms with E-state index >= 15 is 0 Å². The molecule has 8 heteroatoms. The summed E-state index contributed by atoms with van der Waals surface area (Å²) in [6.07, 6.45) is 0.470. The number of nitrogens with one attached hydrogen (secondary N) is 2. The van der Waals surface area contributed by atoms with Crippen molar-refractivity contribution >= 4 is 32.6 Å². The van der Waals surface area contributed by atoms with E-state index in [9.17, 15) is 8.42 Å². The molecular formula is C21H18N4O3S. The Morgan fingerprint density at radius 1 is 1.03 bits per heavy atom. The van der Waals surface area contributed by atoms with E-state index in [1.807, 2.05) is 12.1 Å². The van der Waals surface area contributed by atoms with Gasteiger partial charge in [-0.25, -0.2) is 13.4 Å². The van der Waals surface area contributed by atoms with Crippen molar-refractivity contribution in [1.29, 1.82) is 5.41 Å². The molecule has 1 heterocycles. The van der Waals surface area contributed by atoms with Crippen LogP contribution in [-0.4, -0.2) is 19.2 Å². The van der Waals surface area contributed by atoms with Crippen molar-refractivity contribution < 1.29 is 12.8 Å². The standard InChI is InChI=1S/C21H18N4O3S/c22-21(23)15-8-6-14(7-9-15)12-20-24-18-13-16(10-11-19(18)28-20)25-29(26,27)17-4-2-1-3-5-17/h1-11,13,25H,12H2,(H3,22,23). The first-order valence-corrected chi connectivity index (χ1v) is 10.3. The maximum atomic E-state index is 12.5. The lowest BCUT2D eigenvalue weighted by Gasteiger charge is -2.07. The van der Waals surface area contributed by atoms with Crippen LogP contribution in [0.15, 0.2) is 82.1 Å². The van der Waals surface area contributed by atoms with Crippen LogP contribution in [0.2, 0.25) is 0 Å². The molecule has 0 amide bonds. The summed E-state index contributed by atoms with van der Waals surface area (Å²) in [5, 5.41) is 7.44. The van der Waals surface area contributed by atoms with Crippen LogP contribution in [0.1, 0.15) is 17.0 Å². The largest absolute Gasteiger partial charge is 0.440 e. The van der Waals surface area contributed by atoms with Gasteiger partial charge in [0.25, 0.3) is 10.0 Å². The lowest BCUT2D eigenvalue weighted by molar-refractivity contribution is 0.544. The van der Waals surface area contributed by atoms with E-state index in [1.165, 1.54) is 12.1 Å². The summed E-state index contributed by atoms with van der Waals surface area (Å²) in [6, 6.07) is 20.4. The lowest BCUT2D eigenvalue weighted by Crippen LogP contribution is -2.12. The zero-order valence-corrected chi connectivity index (χ0v) is 16.1. The van der Waals surface area contributed by atoms with Crippen molar-refractivity contribution in [3.8, 4) is 0 Å². The predicted octanol–water partition coefficient (Wildman–Crippen LogP) is 3.50. The van der Waals surface area contributed by atoms with Gasteiger partial charge in [0.15, 0.2) is 11.5 Å². The van der Waals surface area contributed by atoms with Gasteiger partial charge in [-0.3, -0.25) is 10.1 Å². The summed E-state index contributed by atoms with van der Waals surface area (Å²) in [4.78, 5) is 4.65. The SMILES string of the molecule is N=C(N)c1ccc(Cc2nc3cc(NS(=O)(=O)c4ccccc4)ccc3o2)cc1. The number of hydrogen-bond donors (Lipinski definition) is 3. The van der Waals surface area contributed by atoms with Crippen LogP contribution in [0.4, 0.5) is 5.69 Å². The Morgan fingerprint density at radius 2 is 1.76 bits per heavy atom. The first-order valence-electron chi connectivity index (χ1n) is 8.81. The molecule has 0 aliphatic carbocycles.